The van der Waals surface area contributed by atoms with Crippen molar-refractivity contribution >= 4 is 34.8 Å². The Hall–Kier alpha value is -4.59. The van der Waals surface area contributed by atoms with E-state index >= 15 is 0 Å². The third-order valence-corrected chi connectivity index (χ3v) is 7.66. The van der Waals surface area contributed by atoms with E-state index in [9.17, 15) is 9.59 Å². The molecule has 8 heteroatoms. The average molecular weight is 595 g/mol. The largest absolute Gasteiger partial charge is 0.497 e. The van der Waals surface area contributed by atoms with E-state index in [4.69, 9.17) is 14.5 Å². The molecule has 0 atom stereocenters. The molecule has 1 aliphatic rings. The number of piperazine rings is 1. The lowest BCUT2D eigenvalue weighted by Crippen LogP contribution is -2.50. The van der Waals surface area contributed by atoms with E-state index < -0.39 is 5.60 Å². The summed E-state index contributed by atoms with van der Waals surface area (Å²) < 4.78 is 12.6. The number of rotatable bonds is 5. The number of carbonyl (C=O) groups excluding carboxylic acids is 1. The third kappa shape index (κ3) is 6.96. The van der Waals surface area contributed by atoms with Crippen molar-refractivity contribution in [3.8, 4) is 11.4 Å². The molecule has 1 amide bonds. The summed E-state index contributed by atoms with van der Waals surface area (Å²) in [5.41, 5.74) is 3.62. The standard InChI is InChI=1S/C36H42N4O4/c1-35(2,3)26-11-9-12-28(23-26)40-32(17-14-25-10-8-13-29(22-25)43-7)37-31-16-15-27(24-30(31)33(40)41)38-18-20-39(21-19-38)34(42)44-36(4,5)6/h8-17,22-24H,18-21H2,1-7H3/b17-14+. The minimum absolute atomic E-state index is 0.0882. The number of amides is 1. The molecule has 1 aromatic heterocycles. The van der Waals surface area contributed by atoms with Gasteiger partial charge in [-0.2, -0.15) is 0 Å². The van der Waals surface area contributed by atoms with Crippen molar-refractivity contribution in [2.24, 2.45) is 0 Å². The topological polar surface area (TPSA) is 76.9 Å². The van der Waals surface area contributed by atoms with Gasteiger partial charge in [-0.15, -0.1) is 0 Å². The molecule has 8 nitrogen and oxygen atoms in total. The summed E-state index contributed by atoms with van der Waals surface area (Å²) in [7, 11) is 1.64. The van der Waals surface area contributed by atoms with Gasteiger partial charge in [-0.05, 0) is 85.9 Å². The zero-order valence-corrected chi connectivity index (χ0v) is 26.8. The lowest BCUT2D eigenvalue weighted by molar-refractivity contribution is 0.0240. The van der Waals surface area contributed by atoms with Gasteiger partial charge in [0, 0.05) is 31.9 Å². The van der Waals surface area contributed by atoms with E-state index in [2.05, 4.69) is 37.8 Å². The van der Waals surface area contributed by atoms with Crippen molar-refractivity contribution in [3.05, 3.63) is 94.0 Å². The highest BCUT2D eigenvalue weighted by atomic mass is 16.6. The van der Waals surface area contributed by atoms with Crippen LogP contribution in [0.2, 0.25) is 0 Å². The van der Waals surface area contributed by atoms with Crippen LogP contribution in [-0.2, 0) is 10.2 Å². The van der Waals surface area contributed by atoms with Gasteiger partial charge in [0.1, 0.15) is 17.2 Å². The fourth-order valence-electron chi connectivity index (χ4n) is 5.25. The molecular formula is C36H42N4O4. The summed E-state index contributed by atoms with van der Waals surface area (Å²) in [4.78, 5) is 35.8. The van der Waals surface area contributed by atoms with Crippen LogP contribution < -0.4 is 15.2 Å². The van der Waals surface area contributed by atoms with Gasteiger partial charge in [-0.3, -0.25) is 9.36 Å². The van der Waals surface area contributed by atoms with Gasteiger partial charge in [0.15, 0.2) is 0 Å². The summed E-state index contributed by atoms with van der Waals surface area (Å²) in [5, 5.41) is 0.539. The van der Waals surface area contributed by atoms with Crippen molar-refractivity contribution in [3.63, 3.8) is 0 Å². The number of aromatic nitrogens is 2. The molecule has 0 bridgehead atoms. The van der Waals surface area contributed by atoms with E-state index in [1.165, 1.54) is 0 Å². The number of methoxy groups -OCH3 is 1. The summed E-state index contributed by atoms with van der Waals surface area (Å²) in [5.74, 6) is 1.29. The number of ether oxygens (including phenoxy) is 2. The van der Waals surface area contributed by atoms with Crippen LogP contribution >= 0.6 is 0 Å². The number of hydrogen-bond donors (Lipinski definition) is 0. The van der Waals surface area contributed by atoms with Crippen molar-refractivity contribution in [2.75, 3.05) is 38.2 Å². The highest BCUT2D eigenvalue weighted by Gasteiger charge is 2.26. The number of nitrogens with zero attached hydrogens (tertiary/aromatic N) is 4. The SMILES string of the molecule is COc1cccc(/C=C/c2nc3ccc(N4CCN(C(=O)OC(C)(C)C)CC4)cc3c(=O)n2-c2cccc(C(C)(C)C)c2)c1. The zero-order valence-electron chi connectivity index (χ0n) is 26.8. The average Bonchev–Trinajstić information content (AvgIpc) is 2.99. The number of hydrogen-bond acceptors (Lipinski definition) is 6. The van der Waals surface area contributed by atoms with E-state index in [0.29, 0.717) is 42.9 Å². The third-order valence-electron chi connectivity index (χ3n) is 7.66. The van der Waals surface area contributed by atoms with E-state index in [1.807, 2.05) is 87.5 Å². The second kappa shape index (κ2) is 12.2. The molecule has 0 unspecified atom stereocenters. The Kier molecular flexibility index (Phi) is 8.55. The molecule has 0 aliphatic carbocycles. The first kappa shape index (κ1) is 30.9. The smallest absolute Gasteiger partial charge is 0.410 e. The molecule has 0 radical (unpaired) electrons. The molecule has 0 N–H and O–H groups in total. The number of carbonyl (C=O) groups is 1. The van der Waals surface area contributed by atoms with E-state index in [1.54, 1.807) is 16.6 Å². The van der Waals surface area contributed by atoms with Crippen LogP contribution in [0.25, 0.3) is 28.7 Å². The van der Waals surface area contributed by atoms with E-state index in [0.717, 1.165) is 28.3 Å². The Balaban J connectivity index is 1.54. The van der Waals surface area contributed by atoms with Crippen LogP contribution in [0.1, 0.15) is 58.5 Å². The van der Waals surface area contributed by atoms with Gasteiger partial charge in [-0.25, -0.2) is 9.78 Å². The fraction of sp³-hybridized carbons (Fsp3) is 0.361. The predicted molar refractivity (Wildman–Crippen MR) is 178 cm³/mol. The van der Waals surface area contributed by atoms with Gasteiger partial charge in [0.2, 0.25) is 0 Å². The summed E-state index contributed by atoms with van der Waals surface area (Å²) in [6, 6.07) is 21.7. The Morgan fingerprint density at radius 1 is 0.841 bits per heavy atom. The maximum atomic E-state index is 14.3. The van der Waals surface area contributed by atoms with Crippen LogP contribution in [0.4, 0.5) is 10.5 Å². The molecule has 0 spiro atoms. The molecule has 0 saturated carbocycles. The van der Waals surface area contributed by atoms with Gasteiger partial charge in [0.05, 0.1) is 23.7 Å². The molecule has 4 aromatic rings. The Morgan fingerprint density at radius 3 is 2.25 bits per heavy atom. The second-order valence-corrected chi connectivity index (χ2v) is 13.2. The van der Waals surface area contributed by atoms with Gasteiger partial charge >= 0.3 is 6.09 Å². The monoisotopic (exact) mass is 594 g/mol. The quantitative estimate of drug-likeness (QED) is 0.250. The lowest BCUT2D eigenvalue weighted by Gasteiger charge is -2.36. The normalized spacial score (nSPS) is 14.3. The molecule has 1 fully saturated rings. The number of anilines is 1. The van der Waals surface area contributed by atoms with Crippen LogP contribution in [0.15, 0.2) is 71.5 Å². The zero-order chi connectivity index (χ0) is 31.6. The van der Waals surface area contributed by atoms with Crippen molar-refractivity contribution in [1.29, 1.82) is 0 Å². The molecular weight excluding hydrogens is 552 g/mol. The number of fused-ring (bicyclic) bond motifs is 1. The van der Waals surface area contributed by atoms with Crippen molar-refractivity contribution < 1.29 is 14.3 Å². The summed E-state index contributed by atoms with van der Waals surface area (Å²) in [6.45, 7) is 14.5. The summed E-state index contributed by atoms with van der Waals surface area (Å²) >= 11 is 0. The second-order valence-electron chi connectivity index (χ2n) is 13.2. The lowest BCUT2D eigenvalue weighted by atomic mass is 9.87. The van der Waals surface area contributed by atoms with Gasteiger partial charge < -0.3 is 19.3 Å². The van der Waals surface area contributed by atoms with Crippen molar-refractivity contribution in [2.45, 2.75) is 52.6 Å². The Labute approximate surface area is 259 Å². The molecule has 2 heterocycles. The van der Waals surface area contributed by atoms with Gasteiger partial charge in [0.25, 0.3) is 5.56 Å². The summed E-state index contributed by atoms with van der Waals surface area (Å²) in [6.07, 6.45) is 3.52. The van der Waals surface area contributed by atoms with Crippen molar-refractivity contribution in [1.82, 2.24) is 14.5 Å². The molecule has 1 aliphatic heterocycles. The maximum Gasteiger partial charge on any atom is 0.410 e. The van der Waals surface area contributed by atoms with Gasteiger partial charge in [-0.1, -0.05) is 51.1 Å². The highest BCUT2D eigenvalue weighted by Crippen LogP contribution is 2.27. The fourth-order valence-corrected chi connectivity index (χ4v) is 5.25. The molecule has 3 aromatic carbocycles. The maximum absolute atomic E-state index is 14.3. The Bertz CT molecular complexity index is 1750. The molecule has 44 heavy (non-hydrogen) atoms. The first-order valence-corrected chi connectivity index (χ1v) is 15.1. The first-order chi connectivity index (χ1) is 20.8. The predicted octanol–water partition coefficient (Wildman–Crippen LogP) is 6.92. The van der Waals surface area contributed by atoms with Crippen LogP contribution in [0.5, 0.6) is 5.75 Å². The first-order valence-electron chi connectivity index (χ1n) is 15.1. The Morgan fingerprint density at radius 2 is 1.57 bits per heavy atom. The minimum atomic E-state index is -0.534. The van der Waals surface area contributed by atoms with Crippen LogP contribution in [0.3, 0.4) is 0 Å². The highest BCUT2D eigenvalue weighted by molar-refractivity contribution is 5.84. The molecule has 1 saturated heterocycles. The molecule has 5 rings (SSSR count). The van der Waals surface area contributed by atoms with E-state index in [-0.39, 0.29) is 17.1 Å². The minimum Gasteiger partial charge on any atom is -0.497 e. The van der Waals surface area contributed by atoms with Crippen LogP contribution in [0, 0.1) is 0 Å². The van der Waals surface area contributed by atoms with Crippen LogP contribution in [-0.4, -0.2) is 59.4 Å². The number of benzene rings is 3. The molecule has 230 valence electrons.